The molecule has 0 bridgehead atoms. The first kappa shape index (κ1) is 20.7. The van der Waals surface area contributed by atoms with Gasteiger partial charge in [-0.05, 0) is 19.9 Å². The van der Waals surface area contributed by atoms with Gasteiger partial charge in [0.15, 0.2) is 13.2 Å². The highest BCUT2D eigenvalue weighted by atomic mass is 35.5. The van der Waals surface area contributed by atoms with Crippen LogP contribution in [-0.2, 0) is 19.1 Å². The normalized spacial score (nSPS) is 10.7. The zero-order valence-electron chi connectivity index (χ0n) is 16.2. The van der Waals surface area contributed by atoms with Crippen LogP contribution in [0.4, 0.5) is 0 Å². The van der Waals surface area contributed by atoms with Crippen LogP contribution in [0.2, 0.25) is 5.02 Å². The van der Waals surface area contributed by atoms with Crippen LogP contribution in [0.5, 0.6) is 11.5 Å². The van der Waals surface area contributed by atoms with Crippen molar-refractivity contribution in [3.05, 3.63) is 47.5 Å². The van der Waals surface area contributed by atoms with Gasteiger partial charge in [0, 0.05) is 21.5 Å². The van der Waals surface area contributed by atoms with Gasteiger partial charge in [0.05, 0.1) is 18.2 Å². The fraction of sp³-hybridized carbons (Fsp3) is 0.273. The summed E-state index contributed by atoms with van der Waals surface area (Å²) < 4.78 is 21.6. The lowest BCUT2D eigenvalue weighted by Crippen LogP contribution is -2.16. The molecule has 0 aliphatic rings. The van der Waals surface area contributed by atoms with E-state index >= 15 is 0 Å². The second-order valence-electron chi connectivity index (χ2n) is 6.05. The Balaban J connectivity index is 2.14. The van der Waals surface area contributed by atoms with Gasteiger partial charge in [-0.25, -0.2) is 9.59 Å². The van der Waals surface area contributed by atoms with Gasteiger partial charge < -0.3 is 18.9 Å². The third kappa shape index (κ3) is 4.54. The highest BCUT2D eigenvalue weighted by molar-refractivity contribution is 6.37. The molecule has 7 heteroatoms. The van der Waals surface area contributed by atoms with Crippen molar-refractivity contribution in [1.29, 1.82) is 0 Å². The fourth-order valence-corrected chi connectivity index (χ4v) is 3.34. The van der Waals surface area contributed by atoms with E-state index in [9.17, 15) is 9.59 Å². The number of carbonyl (C=O) groups excluding carboxylic acids is 2. The van der Waals surface area contributed by atoms with Gasteiger partial charge in [-0.2, -0.15) is 0 Å². The molecule has 0 atom stereocenters. The number of carbonyl (C=O) groups is 2. The Morgan fingerprint density at radius 3 is 1.86 bits per heavy atom. The van der Waals surface area contributed by atoms with Crippen molar-refractivity contribution >= 4 is 45.1 Å². The van der Waals surface area contributed by atoms with Crippen LogP contribution in [-0.4, -0.2) is 38.4 Å². The van der Waals surface area contributed by atoms with Crippen LogP contribution < -0.4 is 9.47 Å². The van der Waals surface area contributed by atoms with E-state index < -0.39 is 11.9 Å². The molecule has 0 amide bonds. The van der Waals surface area contributed by atoms with Gasteiger partial charge in [-0.3, -0.25) is 0 Å². The summed E-state index contributed by atoms with van der Waals surface area (Å²) in [6.07, 6.45) is 0. The molecule has 3 rings (SSSR count). The molecular weight excluding hydrogens is 396 g/mol. The first-order valence-corrected chi connectivity index (χ1v) is 9.64. The van der Waals surface area contributed by atoms with Crippen molar-refractivity contribution in [2.75, 3.05) is 26.4 Å². The fourth-order valence-electron chi connectivity index (χ4n) is 3.08. The predicted octanol–water partition coefficient (Wildman–Crippen LogP) is 4.53. The zero-order chi connectivity index (χ0) is 20.8. The molecule has 29 heavy (non-hydrogen) atoms. The average molecular weight is 417 g/mol. The number of ether oxygens (including phenoxy) is 4. The lowest BCUT2D eigenvalue weighted by Gasteiger charge is -2.18. The van der Waals surface area contributed by atoms with Crippen molar-refractivity contribution < 1.29 is 28.5 Å². The Labute approximate surface area is 173 Å². The van der Waals surface area contributed by atoms with Crippen LogP contribution >= 0.6 is 11.6 Å². The summed E-state index contributed by atoms with van der Waals surface area (Å²) in [7, 11) is 0. The standard InChI is InChI=1S/C22H21ClO6/c1-3-26-18(24)12-28-21-14-8-5-6-9-15(14)22(29-13-19(25)27-4-2)20-16(21)10-7-11-17(20)23/h5-11H,3-4,12-13H2,1-2H3. The minimum Gasteiger partial charge on any atom is -0.481 e. The molecule has 6 nitrogen and oxygen atoms in total. The second-order valence-corrected chi connectivity index (χ2v) is 6.46. The molecule has 0 heterocycles. The maximum atomic E-state index is 11.8. The summed E-state index contributed by atoms with van der Waals surface area (Å²) >= 11 is 6.48. The molecule has 3 aromatic rings. The Bertz CT molecular complexity index is 1050. The quantitative estimate of drug-likeness (QED) is 0.397. The number of hydrogen-bond donors (Lipinski definition) is 0. The smallest absolute Gasteiger partial charge is 0.344 e. The van der Waals surface area contributed by atoms with Crippen molar-refractivity contribution in [3.63, 3.8) is 0 Å². The minimum absolute atomic E-state index is 0.234. The summed E-state index contributed by atoms with van der Waals surface area (Å²) in [6, 6.07) is 12.7. The predicted molar refractivity (Wildman–Crippen MR) is 111 cm³/mol. The van der Waals surface area contributed by atoms with Gasteiger partial charge in [-0.15, -0.1) is 0 Å². The van der Waals surface area contributed by atoms with Gasteiger partial charge in [0.2, 0.25) is 0 Å². The van der Waals surface area contributed by atoms with E-state index in [1.807, 2.05) is 30.3 Å². The molecular formula is C22H21ClO6. The van der Waals surface area contributed by atoms with Crippen LogP contribution in [0.3, 0.4) is 0 Å². The van der Waals surface area contributed by atoms with E-state index in [2.05, 4.69) is 0 Å². The Kier molecular flexibility index (Phi) is 6.77. The molecule has 0 saturated carbocycles. The third-order valence-corrected chi connectivity index (χ3v) is 4.50. The summed E-state index contributed by atoms with van der Waals surface area (Å²) in [5.74, 6) is 0.0150. The maximum Gasteiger partial charge on any atom is 0.344 e. The second kappa shape index (κ2) is 9.47. The number of fused-ring (bicyclic) bond motifs is 2. The molecule has 0 aliphatic heterocycles. The van der Waals surface area contributed by atoms with Gasteiger partial charge in [0.1, 0.15) is 11.5 Å². The van der Waals surface area contributed by atoms with Gasteiger partial charge >= 0.3 is 11.9 Å². The van der Waals surface area contributed by atoms with Crippen LogP contribution in [0, 0.1) is 0 Å². The molecule has 3 aromatic carbocycles. The third-order valence-electron chi connectivity index (χ3n) is 4.18. The Morgan fingerprint density at radius 2 is 1.28 bits per heavy atom. The monoisotopic (exact) mass is 416 g/mol. The van der Waals surface area contributed by atoms with Crippen molar-refractivity contribution in [1.82, 2.24) is 0 Å². The van der Waals surface area contributed by atoms with E-state index in [1.54, 1.807) is 26.0 Å². The molecule has 0 N–H and O–H groups in total. The maximum absolute atomic E-state index is 11.8. The number of esters is 2. The summed E-state index contributed by atoms with van der Waals surface area (Å²) in [4.78, 5) is 23.6. The first-order valence-electron chi connectivity index (χ1n) is 9.26. The molecule has 0 fully saturated rings. The van der Waals surface area contributed by atoms with Crippen LogP contribution in [0.25, 0.3) is 21.5 Å². The highest BCUT2D eigenvalue weighted by Gasteiger charge is 2.20. The van der Waals surface area contributed by atoms with E-state index in [0.29, 0.717) is 32.7 Å². The van der Waals surface area contributed by atoms with Crippen LogP contribution in [0.1, 0.15) is 13.8 Å². The average Bonchev–Trinajstić information content (AvgIpc) is 2.71. The van der Waals surface area contributed by atoms with E-state index in [1.165, 1.54) is 0 Å². The van der Waals surface area contributed by atoms with Gasteiger partial charge in [-0.1, -0.05) is 48.0 Å². The molecule has 0 aliphatic carbocycles. The lowest BCUT2D eigenvalue weighted by molar-refractivity contribution is -0.146. The van der Waals surface area contributed by atoms with E-state index in [-0.39, 0.29) is 26.4 Å². The molecule has 152 valence electrons. The SMILES string of the molecule is CCOC(=O)COc1c2ccccc2c(OCC(=O)OCC)c2c(Cl)cccc12. The molecule has 0 spiro atoms. The summed E-state index contributed by atoms with van der Waals surface area (Å²) in [5.41, 5.74) is 0. The molecule has 0 radical (unpaired) electrons. The van der Waals surface area contributed by atoms with Crippen molar-refractivity contribution in [2.45, 2.75) is 13.8 Å². The van der Waals surface area contributed by atoms with Crippen LogP contribution in [0.15, 0.2) is 42.5 Å². The Hall–Kier alpha value is -2.99. The number of halogens is 1. The molecule has 0 unspecified atom stereocenters. The lowest BCUT2D eigenvalue weighted by atomic mass is 10.0. The van der Waals surface area contributed by atoms with Crippen molar-refractivity contribution in [3.8, 4) is 11.5 Å². The van der Waals surface area contributed by atoms with Crippen molar-refractivity contribution in [2.24, 2.45) is 0 Å². The summed E-state index contributed by atoms with van der Waals surface area (Å²) in [6.45, 7) is 3.53. The topological polar surface area (TPSA) is 71.1 Å². The van der Waals surface area contributed by atoms with Gasteiger partial charge in [0.25, 0.3) is 0 Å². The largest absolute Gasteiger partial charge is 0.481 e. The highest BCUT2D eigenvalue weighted by Crippen LogP contribution is 2.45. The first-order chi connectivity index (χ1) is 14.1. The summed E-state index contributed by atoms with van der Waals surface area (Å²) in [5, 5.41) is 3.13. The number of benzene rings is 3. The van der Waals surface area contributed by atoms with E-state index in [4.69, 9.17) is 30.5 Å². The zero-order valence-corrected chi connectivity index (χ0v) is 17.0. The number of rotatable bonds is 8. The molecule has 0 aromatic heterocycles. The minimum atomic E-state index is -0.473. The van der Waals surface area contributed by atoms with E-state index in [0.717, 1.165) is 5.39 Å². The Morgan fingerprint density at radius 1 is 0.759 bits per heavy atom. The molecule has 0 saturated heterocycles. The number of hydrogen-bond acceptors (Lipinski definition) is 6.